The van der Waals surface area contributed by atoms with Crippen LogP contribution < -0.4 is 0 Å². The van der Waals surface area contributed by atoms with E-state index in [1.807, 2.05) is 13.1 Å². The lowest BCUT2D eigenvalue weighted by Crippen LogP contribution is -1.94. The van der Waals surface area contributed by atoms with Crippen LogP contribution in [0.4, 0.5) is 0 Å². The second kappa shape index (κ2) is 4.33. The van der Waals surface area contributed by atoms with Crippen molar-refractivity contribution in [1.29, 1.82) is 0 Å². The lowest BCUT2D eigenvalue weighted by Gasteiger charge is -2.14. The van der Waals surface area contributed by atoms with E-state index in [1.54, 1.807) is 0 Å². The Balaban J connectivity index is 2.72. The molecule has 0 unspecified atom stereocenters. The molecule has 0 amide bonds. The van der Waals surface area contributed by atoms with Gasteiger partial charge >= 0.3 is 0 Å². The van der Waals surface area contributed by atoms with Gasteiger partial charge < -0.3 is 0 Å². The number of pyridine rings is 1. The van der Waals surface area contributed by atoms with Crippen LogP contribution in [0.2, 0.25) is 0 Å². The standard InChI is InChI=1S/C16H19N/c1-10-6-11(2)16(12(3)7-10)15-8-14(5)17-9-13(15)4/h6-9H,1-5H3. The molecule has 0 bridgehead atoms. The van der Waals surface area contributed by atoms with Gasteiger partial charge in [0.1, 0.15) is 0 Å². The molecular formula is C16H19N. The van der Waals surface area contributed by atoms with E-state index in [0.29, 0.717) is 0 Å². The molecule has 1 heterocycles. The number of aromatic nitrogens is 1. The topological polar surface area (TPSA) is 12.9 Å². The normalized spacial score (nSPS) is 10.6. The van der Waals surface area contributed by atoms with Crippen LogP contribution >= 0.6 is 0 Å². The SMILES string of the molecule is Cc1cc(C)c(-c2cc(C)ncc2C)c(C)c1. The average Bonchev–Trinajstić information content (AvgIpc) is 2.21. The zero-order valence-electron chi connectivity index (χ0n) is 11.3. The molecule has 1 aromatic heterocycles. The Morgan fingerprint density at radius 1 is 0.765 bits per heavy atom. The minimum atomic E-state index is 1.07. The van der Waals surface area contributed by atoms with Crippen molar-refractivity contribution in [3.8, 4) is 11.1 Å². The molecule has 0 spiro atoms. The van der Waals surface area contributed by atoms with Crippen molar-refractivity contribution in [2.75, 3.05) is 0 Å². The van der Waals surface area contributed by atoms with E-state index in [-0.39, 0.29) is 0 Å². The zero-order valence-corrected chi connectivity index (χ0v) is 11.3. The van der Waals surface area contributed by atoms with E-state index in [2.05, 4.69) is 50.9 Å². The van der Waals surface area contributed by atoms with Gasteiger partial charge in [0.25, 0.3) is 0 Å². The number of hydrogen-bond acceptors (Lipinski definition) is 1. The first-order valence-corrected chi connectivity index (χ1v) is 6.00. The molecule has 2 aromatic rings. The van der Waals surface area contributed by atoms with Gasteiger partial charge in [-0.25, -0.2) is 0 Å². The Morgan fingerprint density at radius 3 is 1.94 bits per heavy atom. The highest BCUT2D eigenvalue weighted by Crippen LogP contribution is 2.30. The fourth-order valence-electron chi connectivity index (χ4n) is 2.50. The Morgan fingerprint density at radius 2 is 1.35 bits per heavy atom. The quantitative estimate of drug-likeness (QED) is 0.705. The van der Waals surface area contributed by atoms with Crippen LogP contribution in [0, 0.1) is 34.6 Å². The third-order valence-corrected chi connectivity index (χ3v) is 3.19. The average molecular weight is 225 g/mol. The van der Waals surface area contributed by atoms with Crippen LogP contribution in [-0.4, -0.2) is 4.98 Å². The molecular weight excluding hydrogens is 206 g/mol. The van der Waals surface area contributed by atoms with Crippen molar-refractivity contribution in [3.05, 3.63) is 52.3 Å². The summed E-state index contributed by atoms with van der Waals surface area (Å²) >= 11 is 0. The summed E-state index contributed by atoms with van der Waals surface area (Å²) in [5.41, 5.74) is 9.00. The molecule has 88 valence electrons. The maximum Gasteiger partial charge on any atom is 0.0379 e. The third-order valence-electron chi connectivity index (χ3n) is 3.19. The molecule has 1 heteroatoms. The first kappa shape index (κ1) is 11.8. The van der Waals surface area contributed by atoms with Crippen LogP contribution in [0.15, 0.2) is 24.4 Å². The van der Waals surface area contributed by atoms with E-state index in [9.17, 15) is 0 Å². The van der Waals surface area contributed by atoms with Crippen LogP contribution in [0.5, 0.6) is 0 Å². The minimum absolute atomic E-state index is 1.07. The molecule has 0 N–H and O–H groups in total. The Bertz CT molecular complexity index is 545. The number of nitrogens with zero attached hydrogens (tertiary/aromatic N) is 1. The first-order chi connectivity index (χ1) is 7.99. The van der Waals surface area contributed by atoms with Crippen LogP contribution in [0.1, 0.15) is 27.9 Å². The van der Waals surface area contributed by atoms with Gasteiger partial charge in [-0.3, -0.25) is 4.98 Å². The van der Waals surface area contributed by atoms with Gasteiger partial charge in [0, 0.05) is 11.9 Å². The fourth-order valence-corrected chi connectivity index (χ4v) is 2.50. The number of rotatable bonds is 1. The molecule has 0 fully saturated rings. The van der Waals surface area contributed by atoms with Gasteiger partial charge in [-0.2, -0.15) is 0 Å². The Kier molecular flexibility index (Phi) is 3.01. The van der Waals surface area contributed by atoms with E-state index < -0.39 is 0 Å². The molecule has 0 aliphatic rings. The molecule has 2 rings (SSSR count). The Hall–Kier alpha value is -1.63. The van der Waals surface area contributed by atoms with Crippen LogP contribution in [0.3, 0.4) is 0 Å². The van der Waals surface area contributed by atoms with Crippen molar-refractivity contribution in [1.82, 2.24) is 4.98 Å². The van der Waals surface area contributed by atoms with Crippen LogP contribution in [-0.2, 0) is 0 Å². The third kappa shape index (κ3) is 2.23. The number of hydrogen-bond donors (Lipinski definition) is 0. The van der Waals surface area contributed by atoms with Gasteiger partial charge in [0.05, 0.1) is 0 Å². The van der Waals surface area contributed by atoms with E-state index in [4.69, 9.17) is 0 Å². The molecule has 0 radical (unpaired) electrons. The highest BCUT2D eigenvalue weighted by Gasteiger charge is 2.09. The number of aryl methyl sites for hydroxylation is 5. The lowest BCUT2D eigenvalue weighted by molar-refractivity contribution is 1.17. The summed E-state index contributed by atoms with van der Waals surface area (Å²) < 4.78 is 0. The highest BCUT2D eigenvalue weighted by molar-refractivity contribution is 5.73. The largest absolute Gasteiger partial charge is 0.261 e. The summed E-state index contributed by atoms with van der Waals surface area (Å²) in [6.07, 6.45) is 1.96. The summed E-state index contributed by atoms with van der Waals surface area (Å²) in [6, 6.07) is 6.68. The molecule has 0 atom stereocenters. The van der Waals surface area contributed by atoms with Crippen molar-refractivity contribution < 1.29 is 0 Å². The van der Waals surface area contributed by atoms with Gasteiger partial charge in [-0.05, 0) is 68.5 Å². The Labute approximate surface area is 104 Å². The summed E-state index contributed by atoms with van der Waals surface area (Å²) in [5.74, 6) is 0. The maximum atomic E-state index is 4.34. The van der Waals surface area contributed by atoms with Crippen molar-refractivity contribution >= 4 is 0 Å². The van der Waals surface area contributed by atoms with Gasteiger partial charge in [-0.1, -0.05) is 17.7 Å². The monoisotopic (exact) mass is 225 g/mol. The zero-order chi connectivity index (χ0) is 12.6. The maximum absolute atomic E-state index is 4.34. The van der Waals surface area contributed by atoms with Crippen molar-refractivity contribution in [2.45, 2.75) is 34.6 Å². The van der Waals surface area contributed by atoms with Gasteiger partial charge in [-0.15, -0.1) is 0 Å². The molecule has 0 aliphatic heterocycles. The minimum Gasteiger partial charge on any atom is -0.261 e. The summed E-state index contributed by atoms with van der Waals surface area (Å²) in [7, 11) is 0. The highest BCUT2D eigenvalue weighted by atomic mass is 14.7. The second-order valence-electron chi connectivity index (χ2n) is 4.91. The van der Waals surface area contributed by atoms with E-state index in [1.165, 1.54) is 33.4 Å². The van der Waals surface area contributed by atoms with E-state index >= 15 is 0 Å². The molecule has 0 aliphatic carbocycles. The lowest BCUT2D eigenvalue weighted by atomic mass is 9.92. The molecule has 1 aromatic carbocycles. The summed E-state index contributed by atoms with van der Waals surface area (Å²) in [5, 5.41) is 0. The van der Waals surface area contributed by atoms with Crippen molar-refractivity contribution in [2.24, 2.45) is 0 Å². The fraction of sp³-hybridized carbons (Fsp3) is 0.312. The van der Waals surface area contributed by atoms with Gasteiger partial charge in [0.2, 0.25) is 0 Å². The smallest absolute Gasteiger partial charge is 0.0379 e. The molecule has 0 saturated carbocycles. The van der Waals surface area contributed by atoms with Crippen LogP contribution in [0.25, 0.3) is 11.1 Å². The molecule has 17 heavy (non-hydrogen) atoms. The molecule has 0 saturated heterocycles. The van der Waals surface area contributed by atoms with Gasteiger partial charge in [0.15, 0.2) is 0 Å². The summed E-state index contributed by atoms with van der Waals surface area (Å²) in [4.78, 5) is 4.34. The van der Waals surface area contributed by atoms with E-state index in [0.717, 1.165) is 5.69 Å². The first-order valence-electron chi connectivity index (χ1n) is 6.00. The number of benzene rings is 1. The summed E-state index contributed by atoms with van der Waals surface area (Å²) in [6.45, 7) is 10.7. The second-order valence-corrected chi connectivity index (χ2v) is 4.91. The predicted octanol–water partition coefficient (Wildman–Crippen LogP) is 4.29. The van der Waals surface area contributed by atoms with Crippen molar-refractivity contribution in [3.63, 3.8) is 0 Å². The predicted molar refractivity (Wildman–Crippen MR) is 73.4 cm³/mol. The molecule has 1 nitrogen and oxygen atoms in total.